The number of aromatic nitrogens is 1. The largest absolute Gasteiger partial charge is 0.574 e. The lowest BCUT2D eigenvalue weighted by atomic mass is 10.1. The molecule has 0 unspecified atom stereocenters. The van der Waals surface area contributed by atoms with E-state index in [1.807, 2.05) is 0 Å². The predicted octanol–water partition coefficient (Wildman–Crippen LogP) is 3.47. The van der Waals surface area contributed by atoms with Gasteiger partial charge < -0.3 is 4.74 Å². The Morgan fingerprint density at radius 2 is 2.06 bits per heavy atom. The van der Waals surface area contributed by atoms with Crippen molar-refractivity contribution in [1.82, 2.24) is 4.98 Å². The molecule has 0 saturated carbocycles. The van der Waals surface area contributed by atoms with E-state index in [4.69, 9.17) is 11.6 Å². The number of carbonyl (C=O) groups excluding carboxylic acids is 1. The number of ether oxygens (including phenoxy) is 1. The fourth-order valence-corrected chi connectivity index (χ4v) is 1.50. The summed E-state index contributed by atoms with van der Waals surface area (Å²) in [7, 11) is 0. The molecule has 100 valence electrons. The topological polar surface area (TPSA) is 39.2 Å². The van der Waals surface area contributed by atoms with Crippen molar-refractivity contribution in [2.45, 2.75) is 18.7 Å². The Kier molecular flexibility index (Phi) is 4.44. The maximum Gasteiger partial charge on any atom is 0.574 e. The molecule has 0 saturated heterocycles. The SMILES string of the molecule is O=Cc1cnc(OC(F)(F)F)c(CCl)c1C(F)F. The van der Waals surface area contributed by atoms with E-state index in [-0.39, 0.29) is 6.29 Å². The lowest BCUT2D eigenvalue weighted by Crippen LogP contribution is -2.20. The van der Waals surface area contributed by atoms with E-state index in [0.717, 1.165) is 0 Å². The van der Waals surface area contributed by atoms with Gasteiger partial charge in [0, 0.05) is 22.9 Å². The fourth-order valence-electron chi connectivity index (χ4n) is 1.24. The Bertz CT molecular complexity index is 449. The van der Waals surface area contributed by atoms with Gasteiger partial charge in [-0.15, -0.1) is 24.8 Å². The number of hydrogen-bond donors (Lipinski definition) is 0. The van der Waals surface area contributed by atoms with Crippen LogP contribution in [-0.2, 0) is 5.88 Å². The molecule has 3 nitrogen and oxygen atoms in total. The normalized spacial score (nSPS) is 11.7. The Balaban J connectivity index is 3.38. The van der Waals surface area contributed by atoms with Crippen LogP contribution in [0.3, 0.4) is 0 Å². The monoisotopic (exact) mass is 289 g/mol. The molecule has 0 aliphatic heterocycles. The highest BCUT2D eigenvalue weighted by Gasteiger charge is 2.34. The first-order chi connectivity index (χ1) is 8.30. The van der Waals surface area contributed by atoms with Gasteiger partial charge in [-0.1, -0.05) is 0 Å². The molecular weight excluding hydrogens is 285 g/mol. The summed E-state index contributed by atoms with van der Waals surface area (Å²) in [5.74, 6) is -1.78. The van der Waals surface area contributed by atoms with Crippen molar-refractivity contribution in [2.75, 3.05) is 0 Å². The van der Waals surface area contributed by atoms with Gasteiger partial charge in [-0.25, -0.2) is 13.8 Å². The second-order valence-electron chi connectivity index (χ2n) is 3.01. The Labute approximate surface area is 103 Å². The van der Waals surface area contributed by atoms with Crippen molar-refractivity contribution >= 4 is 17.9 Å². The van der Waals surface area contributed by atoms with Crippen LogP contribution in [0.4, 0.5) is 22.0 Å². The summed E-state index contributed by atoms with van der Waals surface area (Å²) < 4.78 is 64.9. The molecule has 0 aliphatic carbocycles. The first-order valence-corrected chi connectivity index (χ1v) is 4.90. The maximum absolute atomic E-state index is 12.7. The number of halogens is 6. The van der Waals surface area contributed by atoms with Gasteiger partial charge in [0.2, 0.25) is 5.88 Å². The van der Waals surface area contributed by atoms with Crippen molar-refractivity contribution in [2.24, 2.45) is 0 Å². The molecule has 0 fully saturated rings. The molecule has 9 heteroatoms. The molecule has 1 heterocycles. The molecule has 0 aliphatic rings. The molecule has 1 aromatic rings. The van der Waals surface area contributed by atoms with Crippen LogP contribution in [0.1, 0.15) is 27.9 Å². The van der Waals surface area contributed by atoms with Gasteiger partial charge in [0.25, 0.3) is 6.43 Å². The van der Waals surface area contributed by atoms with Gasteiger partial charge in [0.15, 0.2) is 6.29 Å². The van der Waals surface area contributed by atoms with Gasteiger partial charge in [0.1, 0.15) is 0 Å². The average Bonchev–Trinajstić information content (AvgIpc) is 2.26. The highest BCUT2D eigenvalue weighted by molar-refractivity contribution is 6.17. The minimum absolute atomic E-state index is 0.0575. The smallest absolute Gasteiger partial charge is 0.388 e. The van der Waals surface area contributed by atoms with E-state index in [1.54, 1.807) is 0 Å². The number of carbonyl (C=O) groups is 1. The van der Waals surface area contributed by atoms with Crippen molar-refractivity contribution in [3.63, 3.8) is 0 Å². The third-order valence-corrected chi connectivity index (χ3v) is 2.17. The Hall–Kier alpha value is -1.44. The lowest BCUT2D eigenvalue weighted by Gasteiger charge is -2.15. The van der Waals surface area contributed by atoms with E-state index in [9.17, 15) is 26.7 Å². The first kappa shape index (κ1) is 14.6. The third-order valence-electron chi connectivity index (χ3n) is 1.91. The van der Waals surface area contributed by atoms with E-state index in [1.165, 1.54) is 0 Å². The van der Waals surface area contributed by atoms with Crippen LogP contribution in [0.15, 0.2) is 6.20 Å². The molecule has 0 radical (unpaired) electrons. The quantitative estimate of drug-likeness (QED) is 0.484. The molecule has 0 spiro atoms. The number of alkyl halides is 6. The van der Waals surface area contributed by atoms with E-state index < -0.39 is 41.2 Å². The molecule has 0 atom stereocenters. The fraction of sp³-hybridized carbons (Fsp3) is 0.333. The summed E-state index contributed by atoms with van der Waals surface area (Å²) in [6.45, 7) is 0. The van der Waals surface area contributed by atoms with Crippen molar-refractivity contribution < 1.29 is 31.5 Å². The molecule has 0 bridgehead atoms. The minimum atomic E-state index is -5.09. The second-order valence-corrected chi connectivity index (χ2v) is 3.28. The summed E-state index contributed by atoms with van der Waals surface area (Å²) in [4.78, 5) is 13.7. The summed E-state index contributed by atoms with van der Waals surface area (Å²) in [5, 5.41) is 0. The molecule has 18 heavy (non-hydrogen) atoms. The van der Waals surface area contributed by atoms with Gasteiger partial charge >= 0.3 is 6.36 Å². The number of aldehydes is 1. The molecule has 1 rings (SSSR count). The molecule has 0 amide bonds. The van der Waals surface area contributed by atoms with Crippen molar-refractivity contribution in [3.8, 4) is 5.88 Å². The van der Waals surface area contributed by atoms with Crippen LogP contribution in [0.25, 0.3) is 0 Å². The summed E-state index contributed by atoms with van der Waals surface area (Å²) in [6.07, 6.45) is -7.62. The number of hydrogen-bond acceptors (Lipinski definition) is 3. The van der Waals surface area contributed by atoms with Gasteiger partial charge in [-0.2, -0.15) is 0 Å². The first-order valence-electron chi connectivity index (χ1n) is 4.37. The van der Waals surface area contributed by atoms with Crippen LogP contribution in [-0.4, -0.2) is 17.6 Å². The van der Waals surface area contributed by atoms with E-state index >= 15 is 0 Å². The van der Waals surface area contributed by atoms with E-state index in [0.29, 0.717) is 6.20 Å². The van der Waals surface area contributed by atoms with Crippen LogP contribution >= 0.6 is 11.6 Å². The van der Waals surface area contributed by atoms with Crippen LogP contribution < -0.4 is 4.74 Å². The standard InChI is InChI=1S/C9H5ClF5NO2/c10-1-5-6(7(11)12)4(3-17)2-16-8(5)18-9(13,14)15/h2-3,7H,1H2. The third kappa shape index (κ3) is 3.28. The Morgan fingerprint density at radius 3 is 2.44 bits per heavy atom. The molecular formula is C9H5ClF5NO2. The van der Waals surface area contributed by atoms with Crippen LogP contribution in [0, 0.1) is 0 Å². The van der Waals surface area contributed by atoms with Crippen LogP contribution in [0.5, 0.6) is 5.88 Å². The average molecular weight is 290 g/mol. The number of pyridine rings is 1. The van der Waals surface area contributed by atoms with Crippen molar-refractivity contribution in [3.05, 3.63) is 22.9 Å². The van der Waals surface area contributed by atoms with Gasteiger partial charge in [-0.05, 0) is 0 Å². The summed E-state index contributed by atoms with van der Waals surface area (Å²) in [6, 6.07) is 0. The highest BCUT2D eigenvalue weighted by atomic mass is 35.5. The number of nitrogens with zero attached hydrogens (tertiary/aromatic N) is 1. The van der Waals surface area contributed by atoms with Crippen LogP contribution in [0.2, 0.25) is 0 Å². The molecule has 0 N–H and O–H groups in total. The highest BCUT2D eigenvalue weighted by Crippen LogP contribution is 2.34. The Morgan fingerprint density at radius 1 is 1.44 bits per heavy atom. The minimum Gasteiger partial charge on any atom is -0.388 e. The van der Waals surface area contributed by atoms with Crippen molar-refractivity contribution in [1.29, 1.82) is 0 Å². The van der Waals surface area contributed by atoms with E-state index in [2.05, 4.69) is 9.72 Å². The lowest BCUT2D eigenvalue weighted by molar-refractivity contribution is -0.276. The zero-order valence-corrected chi connectivity index (χ0v) is 9.23. The second kappa shape index (κ2) is 5.47. The predicted molar refractivity (Wildman–Crippen MR) is 50.8 cm³/mol. The van der Waals surface area contributed by atoms with Gasteiger partial charge in [-0.3, -0.25) is 4.79 Å². The number of rotatable bonds is 4. The molecule has 1 aromatic heterocycles. The zero-order valence-electron chi connectivity index (χ0n) is 8.47. The summed E-state index contributed by atoms with van der Waals surface area (Å²) in [5.41, 5.74) is -2.10. The maximum atomic E-state index is 12.7. The zero-order chi connectivity index (χ0) is 13.9. The van der Waals surface area contributed by atoms with Gasteiger partial charge in [0.05, 0.1) is 5.88 Å². The molecule has 0 aromatic carbocycles. The summed E-state index contributed by atoms with van der Waals surface area (Å²) >= 11 is 5.30.